The Hall–Kier alpha value is -3.32. The van der Waals surface area contributed by atoms with E-state index in [-0.39, 0.29) is 22.6 Å². The third-order valence-electron chi connectivity index (χ3n) is 7.62. The number of anilines is 1. The number of hydrogen-bond acceptors (Lipinski definition) is 4. The summed E-state index contributed by atoms with van der Waals surface area (Å²) in [7, 11) is 0. The summed E-state index contributed by atoms with van der Waals surface area (Å²) < 4.78 is 27.7. The molecule has 1 fully saturated rings. The van der Waals surface area contributed by atoms with Crippen molar-refractivity contribution in [2.24, 2.45) is 0 Å². The predicted molar refractivity (Wildman–Crippen MR) is 147 cm³/mol. The molecule has 0 bridgehead atoms. The van der Waals surface area contributed by atoms with Crippen molar-refractivity contribution < 1.29 is 23.8 Å². The Kier molecular flexibility index (Phi) is 6.33. The molecule has 2 unspecified atom stereocenters. The molecule has 1 amide bonds. The molecule has 1 saturated carbocycles. The Morgan fingerprint density at radius 3 is 2.50 bits per heavy atom. The van der Waals surface area contributed by atoms with Gasteiger partial charge in [0.05, 0.1) is 11.5 Å². The lowest BCUT2D eigenvalue weighted by molar-refractivity contribution is -0.156. The number of carbonyl (C=O) groups excluding carboxylic acids is 1. The average molecular weight is 521 g/mol. The molecule has 3 aromatic rings. The molecule has 5 rings (SSSR count). The third-order valence-corrected chi connectivity index (χ3v) is 7.62. The molecule has 38 heavy (non-hydrogen) atoms. The fraction of sp³-hybridized carbons (Fsp3) is 0.452. The SMILES string of the molecule is C=C(C)C1(F)Oc2ccc(C3(C(=O)Nc4ccc5c(c4)cc(C(C)(C)C)n5CC(O)CCC)CC3)cc2O1. The summed E-state index contributed by atoms with van der Waals surface area (Å²) >= 11 is 0. The second kappa shape index (κ2) is 9.16. The standard InChI is InChI=1S/C31H37FN2O4/c1-7-8-23(35)18-34-24-11-10-22(15-20(24)16-27(34)29(4,5)6)33-28(36)30(13-14-30)21-9-12-25-26(17-21)38-31(32,37-25)19(2)3/h9-12,15-17,23,35H,2,7-8,13-14,18H2,1,3-6H3,(H,33,36). The van der Waals surface area contributed by atoms with Crippen molar-refractivity contribution in [2.75, 3.05) is 5.32 Å². The van der Waals surface area contributed by atoms with E-state index in [1.54, 1.807) is 18.2 Å². The molecule has 1 aromatic heterocycles. The van der Waals surface area contributed by atoms with Crippen molar-refractivity contribution in [1.29, 1.82) is 0 Å². The minimum Gasteiger partial charge on any atom is -0.419 e. The van der Waals surface area contributed by atoms with E-state index in [2.05, 4.69) is 50.2 Å². The van der Waals surface area contributed by atoms with Crippen LogP contribution in [0.25, 0.3) is 10.9 Å². The number of hydrogen-bond donors (Lipinski definition) is 2. The summed E-state index contributed by atoms with van der Waals surface area (Å²) in [6.07, 6.45) is 2.66. The van der Waals surface area contributed by atoms with Gasteiger partial charge in [0.15, 0.2) is 11.5 Å². The molecule has 7 heteroatoms. The summed E-state index contributed by atoms with van der Waals surface area (Å²) in [5.74, 6) is 0.468. The number of aliphatic hydroxyl groups excluding tert-OH is 1. The van der Waals surface area contributed by atoms with Crippen LogP contribution in [-0.4, -0.2) is 27.7 Å². The minimum atomic E-state index is -2.38. The van der Waals surface area contributed by atoms with Crippen LogP contribution in [-0.2, 0) is 22.2 Å². The lowest BCUT2D eigenvalue weighted by atomic mass is 9.92. The first-order valence-electron chi connectivity index (χ1n) is 13.4. The van der Waals surface area contributed by atoms with Crippen molar-refractivity contribution in [3.05, 3.63) is 65.9 Å². The van der Waals surface area contributed by atoms with Crippen molar-refractivity contribution in [3.8, 4) is 11.5 Å². The highest BCUT2D eigenvalue weighted by Crippen LogP contribution is 2.52. The second-order valence-corrected chi connectivity index (χ2v) is 11.8. The van der Waals surface area contributed by atoms with Crippen LogP contribution in [0.15, 0.2) is 54.6 Å². The van der Waals surface area contributed by atoms with Gasteiger partial charge in [0, 0.05) is 39.8 Å². The average Bonchev–Trinajstić information content (AvgIpc) is 3.46. The molecule has 0 radical (unpaired) electrons. The quantitative estimate of drug-likeness (QED) is 0.323. The van der Waals surface area contributed by atoms with Gasteiger partial charge in [-0.05, 0) is 68.1 Å². The molecule has 0 saturated heterocycles. The summed E-state index contributed by atoms with van der Waals surface area (Å²) in [5, 5.41) is 14.7. The van der Waals surface area contributed by atoms with Crippen molar-refractivity contribution >= 4 is 22.5 Å². The number of nitrogens with one attached hydrogen (secondary N) is 1. The maximum atomic E-state index is 14.8. The zero-order chi connectivity index (χ0) is 27.5. The number of alkyl halides is 1. The Morgan fingerprint density at radius 1 is 1.16 bits per heavy atom. The van der Waals surface area contributed by atoms with Gasteiger partial charge in [0.2, 0.25) is 5.91 Å². The molecule has 2 aliphatic rings. The van der Waals surface area contributed by atoms with E-state index in [1.165, 1.54) is 6.92 Å². The molecular formula is C31H37FN2O4. The predicted octanol–water partition coefficient (Wildman–Crippen LogP) is 6.74. The van der Waals surface area contributed by atoms with Crippen LogP contribution >= 0.6 is 0 Å². The second-order valence-electron chi connectivity index (χ2n) is 11.8. The van der Waals surface area contributed by atoms with Gasteiger partial charge in [-0.1, -0.05) is 46.8 Å². The number of rotatable bonds is 8. The maximum Gasteiger partial charge on any atom is 0.432 e. The number of halogens is 1. The topological polar surface area (TPSA) is 72.7 Å². The molecule has 1 aliphatic heterocycles. The lowest BCUT2D eigenvalue weighted by Crippen LogP contribution is -2.33. The molecule has 2 aromatic carbocycles. The van der Waals surface area contributed by atoms with E-state index in [0.29, 0.717) is 30.8 Å². The van der Waals surface area contributed by atoms with E-state index in [9.17, 15) is 14.3 Å². The Morgan fingerprint density at radius 2 is 1.87 bits per heavy atom. The lowest BCUT2D eigenvalue weighted by Gasteiger charge is -2.23. The number of amides is 1. The molecule has 2 atom stereocenters. The highest BCUT2D eigenvalue weighted by molar-refractivity contribution is 6.02. The summed E-state index contributed by atoms with van der Waals surface area (Å²) in [4.78, 5) is 13.5. The molecular weight excluding hydrogens is 483 g/mol. The van der Waals surface area contributed by atoms with Crippen LogP contribution in [0.5, 0.6) is 11.5 Å². The van der Waals surface area contributed by atoms with Gasteiger partial charge in [0.25, 0.3) is 0 Å². The fourth-order valence-corrected chi connectivity index (χ4v) is 5.27. The first-order chi connectivity index (χ1) is 17.9. The van der Waals surface area contributed by atoms with E-state index < -0.39 is 17.6 Å². The van der Waals surface area contributed by atoms with Gasteiger partial charge in [0.1, 0.15) is 0 Å². The van der Waals surface area contributed by atoms with Gasteiger partial charge in [-0.15, -0.1) is 0 Å². The number of aliphatic hydroxyl groups is 1. The first kappa shape index (κ1) is 26.3. The van der Waals surface area contributed by atoms with E-state index in [0.717, 1.165) is 35.0 Å². The third kappa shape index (κ3) is 4.57. The van der Waals surface area contributed by atoms with Crippen LogP contribution in [0, 0.1) is 0 Å². The number of benzene rings is 2. The van der Waals surface area contributed by atoms with Gasteiger partial charge in [-0.25, -0.2) is 0 Å². The van der Waals surface area contributed by atoms with Crippen LogP contribution in [0.4, 0.5) is 10.1 Å². The minimum absolute atomic E-state index is 0.101. The van der Waals surface area contributed by atoms with Crippen LogP contribution in [0.3, 0.4) is 0 Å². The molecule has 202 valence electrons. The summed E-state index contributed by atoms with van der Waals surface area (Å²) in [5.41, 5.74) is 2.99. The van der Waals surface area contributed by atoms with Gasteiger partial charge >= 0.3 is 6.04 Å². The first-order valence-corrected chi connectivity index (χ1v) is 13.4. The monoisotopic (exact) mass is 520 g/mol. The highest BCUT2D eigenvalue weighted by atomic mass is 19.2. The van der Waals surface area contributed by atoms with Crippen molar-refractivity contribution in [1.82, 2.24) is 4.57 Å². The number of ether oxygens (including phenoxy) is 2. The van der Waals surface area contributed by atoms with Crippen LogP contribution in [0.1, 0.15) is 71.6 Å². The van der Waals surface area contributed by atoms with Gasteiger partial charge in [-0.2, -0.15) is 4.39 Å². The van der Waals surface area contributed by atoms with Gasteiger partial charge in [-0.3, -0.25) is 4.79 Å². The summed E-state index contributed by atoms with van der Waals surface area (Å²) in [6, 6.07) is 10.8. The zero-order valence-electron chi connectivity index (χ0n) is 22.9. The smallest absolute Gasteiger partial charge is 0.419 e. The van der Waals surface area contributed by atoms with Crippen molar-refractivity contribution in [2.45, 2.75) is 89.8 Å². The van der Waals surface area contributed by atoms with Crippen molar-refractivity contribution in [3.63, 3.8) is 0 Å². The molecule has 2 N–H and O–H groups in total. The van der Waals surface area contributed by atoms with Crippen LogP contribution < -0.4 is 14.8 Å². The fourth-order valence-electron chi connectivity index (χ4n) is 5.27. The summed E-state index contributed by atoms with van der Waals surface area (Å²) in [6.45, 7) is 14.2. The normalized spacial score (nSPS) is 20.4. The van der Waals surface area contributed by atoms with E-state index in [4.69, 9.17) is 9.47 Å². The number of nitrogens with zero attached hydrogens (tertiary/aromatic N) is 1. The van der Waals surface area contributed by atoms with E-state index in [1.807, 2.05) is 18.2 Å². The number of fused-ring (bicyclic) bond motifs is 2. The highest BCUT2D eigenvalue weighted by Gasteiger charge is 2.52. The van der Waals surface area contributed by atoms with Crippen LogP contribution in [0.2, 0.25) is 0 Å². The molecule has 2 heterocycles. The number of carbonyl (C=O) groups is 1. The Balaban J connectivity index is 1.40. The zero-order valence-corrected chi connectivity index (χ0v) is 22.9. The Bertz CT molecular complexity index is 1420. The molecule has 1 aliphatic carbocycles. The van der Waals surface area contributed by atoms with Gasteiger partial charge < -0.3 is 24.5 Å². The molecule has 6 nitrogen and oxygen atoms in total. The maximum absolute atomic E-state index is 14.8. The van der Waals surface area contributed by atoms with E-state index >= 15 is 0 Å². The largest absolute Gasteiger partial charge is 0.432 e. The Labute approximate surface area is 223 Å². The molecule has 0 spiro atoms. The number of aromatic nitrogens is 1.